The van der Waals surface area contributed by atoms with E-state index in [-0.39, 0.29) is 5.15 Å². The molecule has 1 heterocycles. The van der Waals surface area contributed by atoms with Crippen molar-refractivity contribution in [3.63, 3.8) is 0 Å². The van der Waals surface area contributed by atoms with Crippen LogP contribution in [0.15, 0.2) is 12.1 Å². The van der Waals surface area contributed by atoms with Crippen LogP contribution in [0.3, 0.4) is 0 Å². The average Bonchev–Trinajstić information content (AvgIpc) is 1.99. The minimum absolute atomic E-state index is 0.240. The Labute approximate surface area is 91.8 Å². The third kappa shape index (κ3) is 3.56. The number of ether oxygens (including phenoxy) is 1. The van der Waals surface area contributed by atoms with Gasteiger partial charge in [-0.1, -0.05) is 11.6 Å². The molecule has 0 aliphatic heterocycles. The van der Waals surface area contributed by atoms with Crippen LogP contribution in [0.4, 0.5) is 13.2 Å². The highest BCUT2D eigenvalue weighted by Crippen LogP contribution is 2.26. The minimum atomic E-state index is -4.96. The Kier molecular flexibility index (Phi) is 3.41. The summed E-state index contributed by atoms with van der Waals surface area (Å²) in [6.45, 7) is 0. The lowest BCUT2D eigenvalue weighted by Crippen LogP contribution is -2.19. The molecule has 0 N–H and O–H groups in total. The van der Waals surface area contributed by atoms with Crippen LogP contribution in [-0.4, -0.2) is 16.6 Å². The average molecular weight is 260 g/mol. The Morgan fingerprint density at radius 1 is 1.40 bits per heavy atom. The van der Waals surface area contributed by atoms with Crippen molar-refractivity contribution in [2.45, 2.75) is 6.36 Å². The summed E-state index contributed by atoms with van der Waals surface area (Å²) >= 11 is 10.4. The monoisotopic (exact) mass is 259 g/mol. The third-order valence-corrected chi connectivity index (χ3v) is 1.66. The van der Waals surface area contributed by atoms with E-state index in [9.17, 15) is 18.0 Å². The number of hydrogen-bond acceptors (Lipinski definition) is 3. The second-order valence-corrected chi connectivity index (χ2v) is 3.04. The molecule has 0 saturated carbocycles. The molecule has 0 saturated heterocycles. The van der Waals surface area contributed by atoms with Crippen LogP contribution in [0.25, 0.3) is 0 Å². The molecular weight excluding hydrogens is 258 g/mol. The number of nitrogens with zero attached hydrogens (tertiary/aromatic N) is 1. The minimum Gasteiger partial charge on any atom is -0.387 e. The van der Waals surface area contributed by atoms with Gasteiger partial charge in [-0.05, 0) is 23.7 Å². The van der Waals surface area contributed by atoms with Gasteiger partial charge >= 0.3 is 6.36 Å². The summed E-state index contributed by atoms with van der Waals surface area (Å²) in [5.74, 6) is -0.963. The molecule has 1 aromatic rings. The van der Waals surface area contributed by atoms with E-state index in [4.69, 9.17) is 23.2 Å². The molecule has 1 rings (SSSR count). The molecule has 82 valence electrons. The lowest BCUT2D eigenvalue weighted by Gasteiger charge is -2.09. The van der Waals surface area contributed by atoms with E-state index < -0.39 is 23.0 Å². The number of carbonyl (C=O) groups is 1. The lowest BCUT2D eigenvalue weighted by molar-refractivity contribution is -0.276. The Morgan fingerprint density at radius 3 is 2.47 bits per heavy atom. The fraction of sp³-hybridized carbons (Fsp3) is 0.143. The number of hydrogen-bond donors (Lipinski definition) is 0. The van der Waals surface area contributed by atoms with Gasteiger partial charge in [-0.15, -0.1) is 13.2 Å². The predicted octanol–water partition coefficient (Wildman–Crippen LogP) is 3.01. The molecular formula is C7H2Cl2F3NO2. The first-order valence-electron chi connectivity index (χ1n) is 3.42. The van der Waals surface area contributed by atoms with Gasteiger partial charge in [-0.25, -0.2) is 4.98 Å². The number of aromatic nitrogens is 1. The van der Waals surface area contributed by atoms with Crippen LogP contribution < -0.4 is 4.74 Å². The topological polar surface area (TPSA) is 39.2 Å². The summed E-state index contributed by atoms with van der Waals surface area (Å²) < 4.78 is 39.0. The molecule has 0 aromatic carbocycles. The number of rotatable bonds is 2. The summed E-state index contributed by atoms with van der Waals surface area (Å²) in [5, 5.41) is -1.35. The standard InChI is InChI=1S/C7H2Cl2F3NO2/c8-4-2-1-3(5(9)14)6(13-4)15-7(10,11)12/h1-2H. The number of alkyl halides is 3. The smallest absolute Gasteiger partial charge is 0.387 e. The van der Waals surface area contributed by atoms with Crippen molar-refractivity contribution >= 4 is 28.4 Å². The molecule has 15 heavy (non-hydrogen) atoms. The first-order chi connectivity index (χ1) is 6.79. The van der Waals surface area contributed by atoms with E-state index in [1.807, 2.05) is 0 Å². The van der Waals surface area contributed by atoms with Crippen LogP contribution >= 0.6 is 23.2 Å². The van der Waals surface area contributed by atoms with Crippen LogP contribution in [0.1, 0.15) is 10.4 Å². The van der Waals surface area contributed by atoms with Crippen molar-refractivity contribution in [2.24, 2.45) is 0 Å². The van der Waals surface area contributed by atoms with E-state index >= 15 is 0 Å². The first-order valence-corrected chi connectivity index (χ1v) is 4.17. The Hall–Kier alpha value is -1.01. The van der Waals surface area contributed by atoms with Crippen LogP contribution in [0, 0.1) is 0 Å². The van der Waals surface area contributed by atoms with Crippen molar-refractivity contribution in [1.29, 1.82) is 0 Å². The highest BCUT2D eigenvalue weighted by molar-refractivity contribution is 6.68. The molecule has 0 fully saturated rings. The maximum Gasteiger partial charge on any atom is 0.574 e. The van der Waals surface area contributed by atoms with Crippen molar-refractivity contribution in [2.75, 3.05) is 0 Å². The van der Waals surface area contributed by atoms with Gasteiger partial charge in [0.2, 0.25) is 5.88 Å². The van der Waals surface area contributed by atoms with Crippen LogP contribution in [0.2, 0.25) is 5.15 Å². The molecule has 8 heteroatoms. The predicted molar refractivity (Wildman–Crippen MR) is 46.1 cm³/mol. The highest BCUT2D eigenvalue weighted by atomic mass is 35.5. The zero-order chi connectivity index (χ0) is 11.6. The first kappa shape index (κ1) is 12.1. The van der Waals surface area contributed by atoms with Gasteiger partial charge in [0.05, 0.1) is 5.56 Å². The fourth-order valence-corrected chi connectivity index (χ4v) is 1.04. The van der Waals surface area contributed by atoms with Crippen molar-refractivity contribution < 1.29 is 22.7 Å². The van der Waals surface area contributed by atoms with Gasteiger partial charge in [-0.2, -0.15) is 0 Å². The molecule has 0 atom stereocenters. The second-order valence-electron chi connectivity index (χ2n) is 2.31. The number of halogens is 5. The number of pyridine rings is 1. The van der Waals surface area contributed by atoms with Crippen molar-refractivity contribution in [1.82, 2.24) is 4.98 Å². The van der Waals surface area contributed by atoms with Crippen LogP contribution in [0.5, 0.6) is 5.88 Å². The summed E-state index contributed by atoms with van der Waals surface area (Å²) in [4.78, 5) is 13.9. The zero-order valence-corrected chi connectivity index (χ0v) is 8.32. The van der Waals surface area contributed by atoms with E-state index in [0.29, 0.717) is 0 Å². The quantitative estimate of drug-likeness (QED) is 0.606. The van der Waals surface area contributed by atoms with Crippen molar-refractivity contribution in [3.05, 3.63) is 22.8 Å². The molecule has 0 aliphatic rings. The van der Waals surface area contributed by atoms with Gasteiger partial charge in [0, 0.05) is 0 Å². The van der Waals surface area contributed by atoms with Gasteiger partial charge in [0.25, 0.3) is 5.24 Å². The molecule has 0 aliphatic carbocycles. The molecule has 0 spiro atoms. The van der Waals surface area contributed by atoms with Gasteiger partial charge < -0.3 is 4.74 Å². The van der Waals surface area contributed by atoms with E-state index in [0.717, 1.165) is 12.1 Å². The molecule has 0 bridgehead atoms. The summed E-state index contributed by atoms with van der Waals surface area (Å²) in [5.41, 5.74) is -0.501. The Morgan fingerprint density at radius 2 is 2.00 bits per heavy atom. The molecule has 0 radical (unpaired) electrons. The van der Waals surface area contributed by atoms with E-state index in [1.54, 1.807) is 0 Å². The largest absolute Gasteiger partial charge is 0.574 e. The normalized spacial score (nSPS) is 11.3. The SMILES string of the molecule is O=C(Cl)c1ccc(Cl)nc1OC(F)(F)F. The number of carbonyl (C=O) groups excluding carboxylic acids is 1. The third-order valence-electron chi connectivity index (χ3n) is 1.25. The van der Waals surface area contributed by atoms with E-state index in [2.05, 4.69) is 9.72 Å². The van der Waals surface area contributed by atoms with Gasteiger partial charge in [0.1, 0.15) is 5.15 Å². The maximum absolute atomic E-state index is 11.9. The van der Waals surface area contributed by atoms with Gasteiger partial charge in [-0.3, -0.25) is 4.79 Å². The van der Waals surface area contributed by atoms with E-state index in [1.165, 1.54) is 0 Å². The molecule has 3 nitrogen and oxygen atoms in total. The zero-order valence-electron chi connectivity index (χ0n) is 6.81. The molecule has 0 amide bonds. The summed E-state index contributed by atoms with van der Waals surface area (Å²) in [6, 6.07) is 2.12. The summed E-state index contributed by atoms with van der Waals surface area (Å²) in [7, 11) is 0. The summed E-state index contributed by atoms with van der Waals surface area (Å²) in [6.07, 6.45) is -4.96. The highest BCUT2D eigenvalue weighted by Gasteiger charge is 2.33. The maximum atomic E-state index is 11.9. The lowest BCUT2D eigenvalue weighted by atomic mass is 10.3. The molecule has 0 unspecified atom stereocenters. The second kappa shape index (κ2) is 4.24. The Balaban J connectivity index is 3.13. The Bertz CT molecular complexity index is 394. The molecule has 1 aromatic heterocycles. The van der Waals surface area contributed by atoms with Gasteiger partial charge in [0.15, 0.2) is 0 Å². The fourth-order valence-electron chi connectivity index (χ4n) is 0.755. The van der Waals surface area contributed by atoms with Crippen molar-refractivity contribution in [3.8, 4) is 5.88 Å². The van der Waals surface area contributed by atoms with Crippen LogP contribution in [-0.2, 0) is 0 Å².